The van der Waals surface area contributed by atoms with Crippen LogP contribution in [-0.2, 0) is 0 Å². The van der Waals surface area contributed by atoms with Crippen LogP contribution in [0.25, 0.3) is 5.57 Å². The van der Waals surface area contributed by atoms with Crippen LogP contribution >= 0.6 is 0 Å². The van der Waals surface area contributed by atoms with Crippen LogP contribution in [0, 0.1) is 12.7 Å². The molecule has 0 fully saturated rings. The average Bonchev–Trinajstić information content (AvgIpc) is 2.88. The van der Waals surface area contributed by atoms with Gasteiger partial charge in [-0.25, -0.2) is 9.37 Å². The molecule has 1 unspecified atom stereocenters. The predicted octanol–water partition coefficient (Wildman–Crippen LogP) is 3.97. The van der Waals surface area contributed by atoms with E-state index in [0.29, 0.717) is 35.4 Å². The lowest BCUT2D eigenvalue weighted by atomic mass is 9.93. The van der Waals surface area contributed by atoms with Crippen LogP contribution < -0.4 is 20.7 Å². The van der Waals surface area contributed by atoms with Gasteiger partial charge in [0.2, 0.25) is 5.95 Å². The molecule has 0 radical (unpaired) electrons. The van der Waals surface area contributed by atoms with Crippen molar-refractivity contribution in [2.45, 2.75) is 32.6 Å². The number of rotatable bonds is 4. The molecule has 7 heteroatoms. The average molecular weight is 383 g/mol. The zero-order chi connectivity index (χ0) is 19.7. The number of anilines is 3. The molecule has 0 aliphatic carbocycles. The van der Waals surface area contributed by atoms with Crippen LogP contribution in [0.1, 0.15) is 42.5 Å². The lowest BCUT2D eigenvalue weighted by Gasteiger charge is -2.17. The minimum atomic E-state index is -0.308. The molecule has 0 spiro atoms. The Kier molecular flexibility index (Phi) is 5.17. The summed E-state index contributed by atoms with van der Waals surface area (Å²) in [5, 5.41) is 9.44. The van der Waals surface area contributed by atoms with Gasteiger partial charge in [0, 0.05) is 36.8 Å². The summed E-state index contributed by atoms with van der Waals surface area (Å²) >= 11 is 0. The topological polar surface area (TPSA) is 71.1 Å². The number of hydrogen-bond donors (Lipinski definition) is 3. The Bertz CT molecular complexity index is 927. The predicted molar refractivity (Wildman–Crippen MR) is 110 cm³/mol. The molecular weight excluding hydrogens is 357 g/mol. The molecule has 0 amide bonds. The Morgan fingerprint density at radius 2 is 2.14 bits per heavy atom. The summed E-state index contributed by atoms with van der Waals surface area (Å²) in [4.78, 5) is 8.81. The third-order valence-corrected chi connectivity index (χ3v) is 5.22. The van der Waals surface area contributed by atoms with Crippen LogP contribution in [-0.4, -0.2) is 36.7 Å². The Morgan fingerprint density at radius 3 is 2.96 bits per heavy atom. The quantitative estimate of drug-likeness (QED) is 0.742. The summed E-state index contributed by atoms with van der Waals surface area (Å²) in [6.07, 6.45) is 3.87. The molecule has 2 aromatic rings. The number of hydrogen-bond acceptors (Lipinski definition) is 6. The molecule has 0 saturated carbocycles. The third-order valence-electron chi connectivity index (χ3n) is 5.22. The summed E-state index contributed by atoms with van der Waals surface area (Å²) in [6, 6.07) is 3.68. The number of fused-ring (bicyclic) bond motifs is 1. The van der Waals surface area contributed by atoms with Crippen molar-refractivity contribution in [1.82, 2.24) is 15.3 Å². The maximum atomic E-state index is 15.7. The van der Waals surface area contributed by atoms with E-state index in [9.17, 15) is 0 Å². The third kappa shape index (κ3) is 3.54. The Hall–Kier alpha value is -2.67. The zero-order valence-electron chi connectivity index (χ0n) is 16.5. The van der Waals surface area contributed by atoms with E-state index in [4.69, 9.17) is 4.74 Å². The molecule has 0 bridgehead atoms. The number of nitrogens with zero attached hydrogens (tertiary/aromatic N) is 2. The van der Waals surface area contributed by atoms with Crippen molar-refractivity contribution < 1.29 is 9.13 Å². The van der Waals surface area contributed by atoms with Crippen molar-refractivity contribution in [3.8, 4) is 5.75 Å². The molecule has 1 aromatic heterocycles. The largest absolute Gasteiger partial charge is 0.492 e. The zero-order valence-corrected chi connectivity index (χ0v) is 16.5. The fraction of sp³-hybridized carbons (Fsp3) is 0.429. The number of nitrogens with one attached hydrogen (secondary N) is 3. The number of aryl methyl sites for hydroxylation is 1. The van der Waals surface area contributed by atoms with Gasteiger partial charge in [-0.2, -0.15) is 4.98 Å². The van der Waals surface area contributed by atoms with Gasteiger partial charge < -0.3 is 20.7 Å². The van der Waals surface area contributed by atoms with Crippen molar-refractivity contribution in [3.05, 3.63) is 40.8 Å². The molecule has 0 saturated heterocycles. The first-order chi connectivity index (χ1) is 13.6. The first kappa shape index (κ1) is 18.7. The monoisotopic (exact) mass is 383 g/mol. The lowest BCUT2D eigenvalue weighted by molar-refractivity contribution is 0.335. The van der Waals surface area contributed by atoms with Crippen molar-refractivity contribution in [3.63, 3.8) is 0 Å². The molecular formula is C21H26FN5O. The molecule has 1 atom stereocenters. The highest BCUT2D eigenvalue weighted by Crippen LogP contribution is 2.45. The lowest BCUT2D eigenvalue weighted by Crippen LogP contribution is -2.12. The minimum Gasteiger partial charge on any atom is -0.492 e. The number of halogens is 1. The van der Waals surface area contributed by atoms with Gasteiger partial charge in [0.15, 0.2) is 5.82 Å². The van der Waals surface area contributed by atoms with E-state index in [1.165, 1.54) is 0 Å². The van der Waals surface area contributed by atoms with Gasteiger partial charge in [0.25, 0.3) is 0 Å². The number of aromatic nitrogens is 2. The molecule has 3 heterocycles. The fourth-order valence-electron chi connectivity index (χ4n) is 3.76. The van der Waals surface area contributed by atoms with E-state index in [2.05, 4.69) is 38.9 Å². The normalized spacial score (nSPS) is 18.7. The summed E-state index contributed by atoms with van der Waals surface area (Å²) in [7, 11) is 1.80. The SMILES string of the molecule is CNc1cc(C)nc(Nc2cc3c(c(C4=CCNCCC4)c2F)OCC3C)n1. The van der Waals surface area contributed by atoms with Crippen LogP contribution in [0.3, 0.4) is 0 Å². The van der Waals surface area contributed by atoms with E-state index < -0.39 is 0 Å². The standard InChI is InChI=1S/C21H26FN5O/c1-12-11-28-20-15(12)10-16(26-21-25-13(2)9-17(23-3)27-21)19(22)18(20)14-5-4-7-24-8-6-14/h6,9-10,12,24H,4-5,7-8,11H2,1-3H3,(H2,23,25,26,27). The molecule has 2 aliphatic heterocycles. The van der Waals surface area contributed by atoms with E-state index in [-0.39, 0.29) is 11.7 Å². The van der Waals surface area contributed by atoms with Gasteiger partial charge in [-0.05, 0) is 37.9 Å². The first-order valence-corrected chi connectivity index (χ1v) is 9.76. The maximum Gasteiger partial charge on any atom is 0.229 e. The van der Waals surface area contributed by atoms with Gasteiger partial charge in [0.1, 0.15) is 11.6 Å². The Morgan fingerprint density at radius 1 is 1.29 bits per heavy atom. The number of ether oxygens (including phenoxy) is 1. The Balaban J connectivity index is 1.80. The highest BCUT2D eigenvalue weighted by atomic mass is 19.1. The molecule has 28 heavy (non-hydrogen) atoms. The van der Waals surface area contributed by atoms with Crippen molar-refractivity contribution in [2.24, 2.45) is 0 Å². The van der Waals surface area contributed by atoms with E-state index in [1.807, 2.05) is 19.1 Å². The molecule has 2 aliphatic rings. The Labute approximate surface area is 164 Å². The first-order valence-electron chi connectivity index (χ1n) is 9.76. The second-order valence-electron chi connectivity index (χ2n) is 7.37. The fourth-order valence-corrected chi connectivity index (χ4v) is 3.76. The van der Waals surface area contributed by atoms with E-state index in [0.717, 1.165) is 42.8 Å². The maximum absolute atomic E-state index is 15.7. The number of allylic oxidation sites excluding steroid dienone is 1. The second-order valence-corrected chi connectivity index (χ2v) is 7.37. The van der Waals surface area contributed by atoms with Gasteiger partial charge >= 0.3 is 0 Å². The van der Waals surface area contributed by atoms with E-state index in [1.54, 1.807) is 7.05 Å². The second kappa shape index (κ2) is 7.75. The van der Waals surface area contributed by atoms with Crippen LogP contribution in [0.5, 0.6) is 5.75 Å². The van der Waals surface area contributed by atoms with Gasteiger partial charge in [-0.15, -0.1) is 0 Å². The number of benzene rings is 1. The molecule has 1 aromatic carbocycles. The highest BCUT2D eigenvalue weighted by Gasteiger charge is 2.30. The van der Waals surface area contributed by atoms with Gasteiger partial charge in [-0.1, -0.05) is 13.0 Å². The smallest absolute Gasteiger partial charge is 0.229 e. The molecule has 6 nitrogen and oxygen atoms in total. The summed E-state index contributed by atoms with van der Waals surface area (Å²) < 4.78 is 21.6. The summed E-state index contributed by atoms with van der Waals surface area (Å²) in [6.45, 7) is 6.23. The van der Waals surface area contributed by atoms with Crippen LogP contribution in [0.2, 0.25) is 0 Å². The summed E-state index contributed by atoms with van der Waals surface area (Å²) in [5.41, 5.74) is 3.79. The van der Waals surface area contributed by atoms with Crippen molar-refractivity contribution in [1.29, 1.82) is 0 Å². The van der Waals surface area contributed by atoms with Crippen LogP contribution in [0.4, 0.5) is 21.8 Å². The van der Waals surface area contributed by atoms with E-state index >= 15 is 4.39 Å². The molecule has 4 rings (SSSR count). The van der Waals surface area contributed by atoms with Crippen LogP contribution in [0.15, 0.2) is 18.2 Å². The minimum absolute atomic E-state index is 0.214. The van der Waals surface area contributed by atoms with Gasteiger partial charge in [-0.3, -0.25) is 0 Å². The van der Waals surface area contributed by atoms with Gasteiger partial charge in [0.05, 0.1) is 17.9 Å². The summed E-state index contributed by atoms with van der Waals surface area (Å²) in [5.74, 6) is 1.65. The van der Waals surface area contributed by atoms with Crippen molar-refractivity contribution in [2.75, 3.05) is 37.4 Å². The molecule has 148 valence electrons. The highest BCUT2D eigenvalue weighted by molar-refractivity contribution is 5.78. The van der Waals surface area contributed by atoms with Crippen molar-refractivity contribution >= 4 is 23.0 Å². The molecule has 3 N–H and O–H groups in total.